The van der Waals surface area contributed by atoms with Crippen LogP contribution in [-0.2, 0) is 6.54 Å². The predicted octanol–water partition coefficient (Wildman–Crippen LogP) is 3.32. The Hall–Kier alpha value is -1.39. The molecule has 2 aromatic rings. The second-order valence-corrected chi connectivity index (χ2v) is 5.85. The number of phenolic OH excluding ortho intramolecular Hbond substituents is 1. The number of thiazole rings is 1. The van der Waals surface area contributed by atoms with E-state index >= 15 is 0 Å². The molecule has 4 heteroatoms. The van der Waals surface area contributed by atoms with Crippen LogP contribution in [0.3, 0.4) is 0 Å². The highest BCUT2D eigenvalue weighted by atomic mass is 32.1. The third-order valence-corrected chi connectivity index (χ3v) is 3.79. The Bertz CT molecular complexity index is 536. The van der Waals surface area contributed by atoms with Crippen LogP contribution in [0, 0.1) is 13.8 Å². The molecule has 0 fully saturated rings. The maximum atomic E-state index is 9.85. The van der Waals surface area contributed by atoms with Gasteiger partial charge in [0.05, 0.1) is 0 Å². The van der Waals surface area contributed by atoms with Gasteiger partial charge in [-0.05, 0) is 26.8 Å². The third kappa shape index (κ3) is 3.09. The number of benzene rings is 1. The molecule has 18 heavy (non-hydrogen) atoms. The minimum absolute atomic E-state index is 0.106. The molecule has 2 N–H and O–H groups in total. The molecule has 0 aliphatic heterocycles. The first-order valence-corrected chi connectivity index (χ1v) is 6.82. The topological polar surface area (TPSA) is 45.1 Å². The number of rotatable bonds is 4. The second-order valence-electron chi connectivity index (χ2n) is 4.53. The van der Waals surface area contributed by atoms with Gasteiger partial charge in [0.15, 0.2) is 0 Å². The van der Waals surface area contributed by atoms with Gasteiger partial charge in [0.2, 0.25) is 0 Å². The standard InChI is InChI=1S/C14H18N2OS/c1-9-4-5-13(17)12(6-9)11(3)15-8-14-16-7-10(2)18-14/h4-7,11,15,17H,8H2,1-3H3. The highest BCUT2D eigenvalue weighted by Gasteiger charge is 2.10. The number of hydrogen-bond acceptors (Lipinski definition) is 4. The lowest BCUT2D eigenvalue weighted by Crippen LogP contribution is -2.18. The molecule has 1 aromatic heterocycles. The molecule has 1 aromatic carbocycles. The fourth-order valence-corrected chi connectivity index (χ4v) is 2.59. The van der Waals surface area contributed by atoms with Crippen LogP contribution in [0.25, 0.3) is 0 Å². The molecule has 0 spiro atoms. The average molecular weight is 262 g/mol. The first kappa shape index (κ1) is 13.1. The number of hydrogen-bond donors (Lipinski definition) is 2. The van der Waals surface area contributed by atoms with Gasteiger partial charge in [0, 0.05) is 29.2 Å². The molecular weight excluding hydrogens is 244 g/mol. The molecule has 0 radical (unpaired) electrons. The molecule has 3 nitrogen and oxygen atoms in total. The zero-order valence-electron chi connectivity index (χ0n) is 10.9. The molecule has 0 aliphatic rings. The number of phenols is 1. The van der Waals surface area contributed by atoms with Crippen molar-refractivity contribution in [3.8, 4) is 5.75 Å². The summed E-state index contributed by atoms with van der Waals surface area (Å²) in [7, 11) is 0. The Morgan fingerprint density at radius 2 is 2.17 bits per heavy atom. The lowest BCUT2D eigenvalue weighted by molar-refractivity contribution is 0.452. The summed E-state index contributed by atoms with van der Waals surface area (Å²) in [5.74, 6) is 0.343. The molecule has 0 aliphatic carbocycles. The summed E-state index contributed by atoms with van der Waals surface area (Å²) >= 11 is 1.70. The summed E-state index contributed by atoms with van der Waals surface area (Å²) in [6.45, 7) is 6.86. The molecule has 0 amide bonds. The minimum atomic E-state index is 0.106. The van der Waals surface area contributed by atoms with E-state index in [1.165, 1.54) is 4.88 Å². The minimum Gasteiger partial charge on any atom is -0.508 e. The highest BCUT2D eigenvalue weighted by Crippen LogP contribution is 2.25. The molecule has 96 valence electrons. The lowest BCUT2D eigenvalue weighted by Gasteiger charge is -2.15. The Balaban J connectivity index is 2.03. The number of aromatic nitrogens is 1. The fraction of sp³-hybridized carbons (Fsp3) is 0.357. The van der Waals surface area contributed by atoms with Crippen molar-refractivity contribution in [2.24, 2.45) is 0 Å². The van der Waals surface area contributed by atoms with Crippen molar-refractivity contribution in [2.75, 3.05) is 0 Å². The fourth-order valence-electron chi connectivity index (χ4n) is 1.85. The Morgan fingerprint density at radius 3 is 2.83 bits per heavy atom. The van der Waals surface area contributed by atoms with E-state index in [0.717, 1.165) is 22.7 Å². The van der Waals surface area contributed by atoms with E-state index < -0.39 is 0 Å². The van der Waals surface area contributed by atoms with Gasteiger partial charge in [-0.15, -0.1) is 11.3 Å². The van der Waals surface area contributed by atoms with Crippen LogP contribution in [0.15, 0.2) is 24.4 Å². The van der Waals surface area contributed by atoms with Crippen LogP contribution < -0.4 is 5.32 Å². The van der Waals surface area contributed by atoms with E-state index in [1.54, 1.807) is 17.4 Å². The smallest absolute Gasteiger partial charge is 0.120 e. The van der Waals surface area contributed by atoms with E-state index in [0.29, 0.717) is 5.75 Å². The van der Waals surface area contributed by atoms with Gasteiger partial charge in [0.1, 0.15) is 10.8 Å². The van der Waals surface area contributed by atoms with Gasteiger partial charge in [-0.1, -0.05) is 17.7 Å². The van der Waals surface area contributed by atoms with Gasteiger partial charge in [-0.25, -0.2) is 4.98 Å². The zero-order valence-corrected chi connectivity index (χ0v) is 11.7. The summed E-state index contributed by atoms with van der Waals surface area (Å²) in [6.07, 6.45) is 1.89. The molecule has 0 bridgehead atoms. The van der Waals surface area contributed by atoms with Crippen molar-refractivity contribution in [1.82, 2.24) is 10.3 Å². The Kier molecular flexibility index (Phi) is 3.99. The SMILES string of the molecule is Cc1ccc(O)c(C(C)NCc2ncc(C)s2)c1. The monoisotopic (exact) mass is 262 g/mol. The van der Waals surface area contributed by atoms with Crippen molar-refractivity contribution >= 4 is 11.3 Å². The van der Waals surface area contributed by atoms with E-state index in [9.17, 15) is 5.11 Å². The summed E-state index contributed by atoms with van der Waals surface area (Å²) < 4.78 is 0. The Morgan fingerprint density at radius 1 is 1.39 bits per heavy atom. The maximum Gasteiger partial charge on any atom is 0.120 e. The normalized spacial score (nSPS) is 12.6. The molecule has 0 saturated heterocycles. The van der Waals surface area contributed by atoms with Crippen molar-refractivity contribution in [3.05, 3.63) is 45.4 Å². The first-order valence-electron chi connectivity index (χ1n) is 6.00. The first-order chi connectivity index (χ1) is 8.56. The molecule has 0 saturated carbocycles. The van der Waals surface area contributed by atoms with Crippen molar-refractivity contribution in [2.45, 2.75) is 33.4 Å². The van der Waals surface area contributed by atoms with Crippen LogP contribution in [0.2, 0.25) is 0 Å². The molecular formula is C14H18N2OS. The molecule has 1 unspecified atom stereocenters. The largest absolute Gasteiger partial charge is 0.508 e. The van der Waals surface area contributed by atoms with E-state index in [2.05, 4.69) is 24.1 Å². The van der Waals surface area contributed by atoms with Crippen LogP contribution >= 0.6 is 11.3 Å². The zero-order chi connectivity index (χ0) is 13.1. The summed E-state index contributed by atoms with van der Waals surface area (Å²) in [5.41, 5.74) is 2.09. The Labute approximate surface area is 112 Å². The summed E-state index contributed by atoms with van der Waals surface area (Å²) in [4.78, 5) is 5.54. The summed E-state index contributed by atoms with van der Waals surface area (Å²) in [6, 6.07) is 5.78. The van der Waals surface area contributed by atoms with Gasteiger partial charge in [-0.2, -0.15) is 0 Å². The number of aryl methyl sites for hydroxylation is 2. The molecule has 1 heterocycles. The average Bonchev–Trinajstić information content (AvgIpc) is 2.75. The van der Waals surface area contributed by atoms with Gasteiger partial charge in [-0.3, -0.25) is 0 Å². The number of aromatic hydroxyl groups is 1. The van der Waals surface area contributed by atoms with Crippen molar-refractivity contribution < 1.29 is 5.11 Å². The van der Waals surface area contributed by atoms with E-state index in [4.69, 9.17) is 0 Å². The quantitative estimate of drug-likeness (QED) is 0.888. The van der Waals surface area contributed by atoms with Gasteiger partial charge in [0.25, 0.3) is 0 Å². The third-order valence-electron chi connectivity index (χ3n) is 2.88. The second kappa shape index (κ2) is 5.50. The maximum absolute atomic E-state index is 9.85. The van der Waals surface area contributed by atoms with Crippen LogP contribution in [0.4, 0.5) is 0 Å². The van der Waals surface area contributed by atoms with Gasteiger partial charge < -0.3 is 10.4 Å². The number of nitrogens with one attached hydrogen (secondary N) is 1. The van der Waals surface area contributed by atoms with Gasteiger partial charge >= 0.3 is 0 Å². The summed E-state index contributed by atoms with van der Waals surface area (Å²) in [5, 5.41) is 14.3. The highest BCUT2D eigenvalue weighted by molar-refractivity contribution is 7.11. The number of nitrogens with zero attached hydrogens (tertiary/aromatic N) is 1. The van der Waals surface area contributed by atoms with E-state index in [-0.39, 0.29) is 6.04 Å². The molecule has 2 rings (SSSR count). The van der Waals surface area contributed by atoms with Crippen LogP contribution in [-0.4, -0.2) is 10.1 Å². The van der Waals surface area contributed by atoms with Crippen LogP contribution in [0.1, 0.15) is 34.0 Å². The van der Waals surface area contributed by atoms with Crippen LogP contribution in [0.5, 0.6) is 5.75 Å². The lowest BCUT2D eigenvalue weighted by atomic mass is 10.0. The van der Waals surface area contributed by atoms with E-state index in [1.807, 2.05) is 25.3 Å². The van der Waals surface area contributed by atoms with Crippen molar-refractivity contribution in [1.29, 1.82) is 0 Å². The molecule has 1 atom stereocenters. The van der Waals surface area contributed by atoms with Crippen molar-refractivity contribution in [3.63, 3.8) is 0 Å². The predicted molar refractivity (Wildman–Crippen MR) is 74.9 cm³/mol.